The maximum absolute atomic E-state index is 12.1. The number of carbonyl (C=O) groups is 1. The number of carbonyl (C=O) groups excluding carboxylic acids is 1. The van der Waals surface area contributed by atoms with E-state index in [1.54, 1.807) is 35.2 Å². The third-order valence-electron chi connectivity index (χ3n) is 3.00. The molecular weight excluding hydrogens is 244 g/mol. The number of hydrogen-bond donors (Lipinski definition) is 0. The van der Waals surface area contributed by atoms with Crippen molar-refractivity contribution in [1.29, 1.82) is 0 Å². The van der Waals surface area contributed by atoms with Crippen LogP contribution < -0.4 is 0 Å². The molecule has 0 N–H and O–H groups in total. The molecule has 0 spiro atoms. The Bertz CT molecular complexity index is 549. The highest BCUT2D eigenvalue weighted by Crippen LogP contribution is 2.15. The molecule has 0 fully saturated rings. The molecule has 19 heavy (non-hydrogen) atoms. The van der Waals surface area contributed by atoms with E-state index in [1.165, 1.54) is 12.3 Å². The van der Waals surface area contributed by atoms with Gasteiger partial charge in [0.05, 0.1) is 17.7 Å². The lowest BCUT2D eigenvalue weighted by Crippen LogP contribution is -2.34. The monoisotopic (exact) mass is 258 g/mol. The zero-order valence-electron chi connectivity index (χ0n) is 10.5. The average molecular weight is 258 g/mol. The van der Waals surface area contributed by atoms with Crippen molar-refractivity contribution in [3.63, 3.8) is 0 Å². The first-order valence-corrected chi connectivity index (χ1v) is 5.96. The molecule has 1 aromatic carbocycles. The summed E-state index contributed by atoms with van der Waals surface area (Å²) in [6.45, 7) is 2.02. The first-order valence-electron chi connectivity index (χ1n) is 5.96. The van der Waals surface area contributed by atoms with Gasteiger partial charge in [0.25, 0.3) is 5.70 Å². The quantitative estimate of drug-likeness (QED) is 0.472. The van der Waals surface area contributed by atoms with Crippen LogP contribution in [0.3, 0.4) is 0 Å². The van der Waals surface area contributed by atoms with E-state index < -0.39 is 4.92 Å². The van der Waals surface area contributed by atoms with E-state index >= 15 is 0 Å². The summed E-state index contributed by atoms with van der Waals surface area (Å²) in [5, 5.41) is 10.7. The fraction of sp³-hybridized carbons (Fsp3) is 0.214. The number of rotatable bonds is 4. The molecule has 1 aliphatic heterocycles. The van der Waals surface area contributed by atoms with Crippen molar-refractivity contribution >= 4 is 5.78 Å². The largest absolute Gasteiger partial charge is 0.358 e. The maximum Gasteiger partial charge on any atom is 0.284 e. The van der Waals surface area contributed by atoms with Crippen LogP contribution in [0.5, 0.6) is 0 Å². The smallest absolute Gasteiger partial charge is 0.284 e. The van der Waals surface area contributed by atoms with Crippen molar-refractivity contribution < 1.29 is 9.72 Å². The van der Waals surface area contributed by atoms with Gasteiger partial charge in [0.1, 0.15) is 0 Å². The van der Waals surface area contributed by atoms with E-state index in [2.05, 4.69) is 0 Å². The van der Waals surface area contributed by atoms with Gasteiger partial charge in [-0.25, -0.2) is 0 Å². The molecule has 0 amide bonds. The van der Waals surface area contributed by atoms with E-state index in [4.69, 9.17) is 0 Å². The highest BCUT2D eigenvalue weighted by Gasteiger charge is 2.21. The van der Waals surface area contributed by atoms with Gasteiger partial charge in [0.2, 0.25) is 0 Å². The molecule has 1 unspecified atom stereocenters. The number of ketones is 1. The SMILES string of the molecule is CC1C=CC([N+](=O)[O-])=CN1CC(=O)c1ccccc1. The van der Waals surface area contributed by atoms with Crippen LogP contribution in [0.4, 0.5) is 0 Å². The standard InChI is InChI=1S/C14H14N2O3/c1-11-7-8-13(16(18)19)9-15(11)10-14(17)12-5-3-2-4-6-12/h2-9,11H,10H2,1H3. The van der Waals surface area contributed by atoms with E-state index in [1.807, 2.05) is 13.0 Å². The number of benzene rings is 1. The maximum atomic E-state index is 12.1. The molecular formula is C14H14N2O3. The third kappa shape index (κ3) is 3.07. The molecule has 0 saturated heterocycles. The van der Waals surface area contributed by atoms with Crippen molar-refractivity contribution in [3.05, 3.63) is 70.1 Å². The molecule has 5 nitrogen and oxygen atoms in total. The summed E-state index contributed by atoms with van der Waals surface area (Å²) in [6, 6.07) is 8.89. The number of hydrogen-bond acceptors (Lipinski definition) is 4. The van der Waals surface area contributed by atoms with Gasteiger partial charge in [-0.1, -0.05) is 36.4 Å². The lowest BCUT2D eigenvalue weighted by molar-refractivity contribution is -0.420. The number of nitrogens with zero attached hydrogens (tertiary/aromatic N) is 2. The van der Waals surface area contributed by atoms with Crippen molar-refractivity contribution in [2.24, 2.45) is 0 Å². The molecule has 0 aromatic heterocycles. The average Bonchev–Trinajstić information content (AvgIpc) is 2.42. The van der Waals surface area contributed by atoms with E-state index in [0.717, 1.165) is 0 Å². The van der Waals surface area contributed by atoms with Gasteiger partial charge in [-0.2, -0.15) is 0 Å². The molecule has 1 atom stereocenters. The van der Waals surface area contributed by atoms with Crippen LogP contribution in [0.1, 0.15) is 17.3 Å². The summed E-state index contributed by atoms with van der Waals surface area (Å²) in [4.78, 5) is 24.0. The fourth-order valence-corrected chi connectivity index (χ4v) is 1.86. The van der Waals surface area contributed by atoms with Gasteiger partial charge < -0.3 is 4.90 Å². The Hall–Kier alpha value is -2.43. The van der Waals surface area contributed by atoms with Crippen molar-refractivity contribution in [1.82, 2.24) is 4.90 Å². The highest BCUT2D eigenvalue weighted by atomic mass is 16.6. The first kappa shape index (κ1) is 13.0. The normalized spacial score (nSPS) is 18.1. The minimum absolute atomic E-state index is 0.000961. The van der Waals surface area contributed by atoms with Gasteiger partial charge in [0.15, 0.2) is 5.78 Å². The Morgan fingerprint density at radius 3 is 2.68 bits per heavy atom. The first-order chi connectivity index (χ1) is 9.08. The second-order valence-electron chi connectivity index (χ2n) is 4.37. The summed E-state index contributed by atoms with van der Waals surface area (Å²) in [7, 11) is 0. The molecule has 1 aromatic rings. The molecule has 2 rings (SSSR count). The predicted molar refractivity (Wildman–Crippen MR) is 71.2 cm³/mol. The van der Waals surface area contributed by atoms with Gasteiger partial charge >= 0.3 is 0 Å². The number of nitro groups is 1. The van der Waals surface area contributed by atoms with Crippen LogP contribution in [0.25, 0.3) is 0 Å². The molecule has 0 aliphatic carbocycles. The fourth-order valence-electron chi connectivity index (χ4n) is 1.86. The van der Waals surface area contributed by atoms with Crippen LogP contribution >= 0.6 is 0 Å². The van der Waals surface area contributed by atoms with Gasteiger partial charge in [-0.3, -0.25) is 14.9 Å². The molecule has 98 valence electrons. The summed E-state index contributed by atoms with van der Waals surface area (Å²) in [5.41, 5.74) is 0.610. The van der Waals surface area contributed by atoms with Crippen LogP contribution in [0, 0.1) is 10.1 Å². The Kier molecular flexibility index (Phi) is 3.75. The Morgan fingerprint density at radius 1 is 1.37 bits per heavy atom. The zero-order chi connectivity index (χ0) is 13.8. The summed E-state index contributed by atoms with van der Waals surface area (Å²) < 4.78 is 0. The van der Waals surface area contributed by atoms with Crippen LogP contribution in [0.15, 0.2) is 54.4 Å². The molecule has 0 saturated carbocycles. The van der Waals surface area contributed by atoms with Crippen molar-refractivity contribution in [3.8, 4) is 0 Å². The van der Waals surface area contributed by atoms with E-state index in [0.29, 0.717) is 5.56 Å². The topological polar surface area (TPSA) is 63.5 Å². The van der Waals surface area contributed by atoms with Crippen molar-refractivity contribution in [2.75, 3.05) is 6.54 Å². The summed E-state index contributed by atoms with van der Waals surface area (Å²) >= 11 is 0. The second kappa shape index (κ2) is 5.48. The number of Topliss-reactive ketones (excluding diaryl/α,β-unsaturated/α-hetero) is 1. The lowest BCUT2D eigenvalue weighted by Gasteiger charge is -2.26. The van der Waals surface area contributed by atoms with Gasteiger partial charge in [0, 0.05) is 17.7 Å². The van der Waals surface area contributed by atoms with Crippen molar-refractivity contribution in [2.45, 2.75) is 13.0 Å². The summed E-state index contributed by atoms with van der Waals surface area (Å²) in [6.07, 6.45) is 4.61. The molecule has 1 heterocycles. The minimum Gasteiger partial charge on any atom is -0.358 e. The lowest BCUT2D eigenvalue weighted by atomic mass is 10.1. The minimum atomic E-state index is -0.456. The Labute approximate surface area is 111 Å². The third-order valence-corrected chi connectivity index (χ3v) is 3.00. The summed E-state index contributed by atoms with van der Waals surface area (Å²) in [5.74, 6) is -0.0540. The Balaban J connectivity index is 2.12. The van der Waals surface area contributed by atoms with Gasteiger partial charge in [-0.15, -0.1) is 0 Å². The molecule has 1 aliphatic rings. The molecule has 0 radical (unpaired) electrons. The van der Waals surface area contributed by atoms with Crippen LogP contribution in [-0.2, 0) is 0 Å². The van der Waals surface area contributed by atoms with Gasteiger partial charge in [-0.05, 0) is 6.92 Å². The zero-order valence-corrected chi connectivity index (χ0v) is 10.5. The van der Waals surface area contributed by atoms with Crippen LogP contribution in [0.2, 0.25) is 0 Å². The van der Waals surface area contributed by atoms with E-state index in [9.17, 15) is 14.9 Å². The molecule has 0 bridgehead atoms. The van der Waals surface area contributed by atoms with E-state index in [-0.39, 0.29) is 24.1 Å². The second-order valence-corrected chi connectivity index (χ2v) is 4.37. The molecule has 5 heteroatoms. The predicted octanol–water partition coefficient (Wildman–Crippen LogP) is 2.25. The Morgan fingerprint density at radius 2 is 2.05 bits per heavy atom. The highest BCUT2D eigenvalue weighted by molar-refractivity contribution is 5.97. The number of allylic oxidation sites excluding steroid dienone is 1. The van der Waals surface area contributed by atoms with Crippen LogP contribution in [-0.4, -0.2) is 28.2 Å².